The number of fused-ring (bicyclic) bond motifs is 1. The molecule has 1 saturated heterocycles. The fourth-order valence-electron chi connectivity index (χ4n) is 4.94. The molecule has 39 heavy (non-hydrogen) atoms. The average Bonchev–Trinajstić information content (AvgIpc) is 3.15. The van der Waals surface area contributed by atoms with Crippen LogP contribution in [0.2, 0.25) is 0 Å². The van der Waals surface area contributed by atoms with Gasteiger partial charge in [-0.1, -0.05) is 48.5 Å². The quantitative estimate of drug-likeness (QED) is 0.500. The van der Waals surface area contributed by atoms with Crippen molar-refractivity contribution in [3.63, 3.8) is 0 Å². The number of piperidine rings is 1. The molecule has 2 atom stereocenters. The smallest absolute Gasteiger partial charge is 0.405 e. The van der Waals surface area contributed by atoms with Gasteiger partial charge in [0.1, 0.15) is 23.8 Å². The van der Waals surface area contributed by atoms with Crippen molar-refractivity contribution in [2.45, 2.75) is 38.3 Å². The summed E-state index contributed by atoms with van der Waals surface area (Å²) in [5.74, 6) is -0.816. The van der Waals surface area contributed by atoms with Crippen LogP contribution in [0.3, 0.4) is 0 Å². The number of amides is 4. The van der Waals surface area contributed by atoms with E-state index in [1.165, 1.54) is 18.9 Å². The summed E-state index contributed by atoms with van der Waals surface area (Å²) in [6.07, 6.45) is -0.324. The number of nitrogens with zero attached hydrogens (tertiary/aromatic N) is 3. The number of hydrogen-bond acceptors (Lipinski definition) is 7. The van der Waals surface area contributed by atoms with Crippen molar-refractivity contribution < 1.29 is 28.7 Å². The van der Waals surface area contributed by atoms with Gasteiger partial charge in [0.2, 0.25) is 5.91 Å². The minimum Gasteiger partial charge on any atom is -0.491 e. The molecule has 2 heterocycles. The van der Waals surface area contributed by atoms with Crippen LogP contribution in [0.1, 0.15) is 25.8 Å². The van der Waals surface area contributed by atoms with E-state index in [0.717, 1.165) is 11.3 Å². The van der Waals surface area contributed by atoms with Crippen LogP contribution < -0.4 is 15.8 Å². The molecule has 11 heteroatoms. The molecule has 206 valence electrons. The van der Waals surface area contributed by atoms with Crippen LogP contribution in [0.25, 0.3) is 0 Å². The molecule has 2 aromatic rings. The molecule has 2 aromatic carbocycles. The second-order valence-corrected chi connectivity index (χ2v) is 10.2. The fourth-order valence-corrected chi connectivity index (χ4v) is 4.94. The molecule has 0 radical (unpaired) electrons. The molecule has 2 aliphatic heterocycles. The summed E-state index contributed by atoms with van der Waals surface area (Å²) >= 11 is 0. The average molecular weight is 536 g/mol. The van der Waals surface area contributed by atoms with Crippen molar-refractivity contribution in [3.05, 3.63) is 66.2 Å². The molecule has 1 fully saturated rings. The first-order valence-corrected chi connectivity index (χ1v) is 12.7. The SMILES string of the molecule is CN1N=C2CCN(C(=O)[C@@H](COc3ccccc3)NC(=O)C(C)(C)OC(N)=O)C[C@@]2(Cc2ccccc2)C1=O. The number of likely N-dealkylation sites (tertiary alicyclic amines) is 1. The zero-order valence-electron chi connectivity index (χ0n) is 22.3. The topological polar surface area (TPSA) is 144 Å². The van der Waals surface area contributed by atoms with Crippen LogP contribution in [0.5, 0.6) is 5.75 Å². The lowest BCUT2D eigenvalue weighted by atomic mass is 9.73. The summed E-state index contributed by atoms with van der Waals surface area (Å²) in [7, 11) is 1.62. The molecule has 0 saturated carbocycles. The van der Waals surface area contributed by atoms with E-state index in [-0.39, 0.29) is 19.1 Å². The molecule has 4 amide bonds. The Bertz CT molecular complexity index is 1270. The predicted octanol–water partition coefficient (Wildman–Crippen LogP) is 1.71. The second kappa shape index (κ2) is 11.1. The van der Waals surface area contributed by atoms with Crippen molar-refractivity contribution >= 4 is 29.5 Å². The number of benzene rings is 2. The Labute approximate surface area is 226 Å². The lowest BCUT2D eigenvalue weighted by molar-refractivity contribution is -0.145. The Morgan fingerprint density at radius 2 is 1.74 bits per heavy atom. The molecule has 0 aliphatic carbocycles. The van der Waals surface area contributed by atoms with Gasteiger partial charge in [0.15, 0.2) is 5.60 Å². The van der Waals surface area contributed by atoms with Crippen LogP contribution in [-0.2, 0) is 25.5 Å². The zero-order valence-corrected chi connectivity index (χ0v) is 22.3. The Balaban J connectivity index is 1.59. The van der Waals surface area contributed by atoms with Gasteiger partial charge in [0.25, 0.3) is 11.8 Å². The summed E-state index contributed by atoms with van der Waals surface area (Å²) in [6, 6.07) is 17.3. The van der Waals surface area contributed by atoms with E-state index in [4.69, 9.17) is 15.2 Å². The number of carbonyl (C=O) groups excluding carboxylic acids is 4. The molecule has 0 spiro atoms. The van der Waals surface area contributed by atoms with E-state index >= 15 is 0 Å². The molecular formula is C28H33N5O6. The number of hydrogen-bond donors (Lipinski definition) is 2. The van der Waals surface area contributed by atoms with Gasteiger partial charge in [-0.2, -0.15) is 5.10 Å². The highest BCUT2D eigenvalue weighted by atomic mass is 16.6. The summed E-state index contributed by atoms with van der Waals surface area (Å²) < 4.78 is 10.8. The van der Waals surface area contributed by atoms with Crippen LogP contribution >= 0.6 is 0 Å². The van der Waals surface area contributed by atoms with E-state index in [1.54, 1.807) is 36.2 Å². The Morgan fingerprint density at radius 3 is 2.38 bits per heavy atom. The van der Waals surface area contributed by atoms with E-state index in [1.807, 2.05) is 36.4 Å². The maximum atomic E-state index is 13.9. The van der Waals surface area contributed by atoms with Gasteiger partial charge in [0.05, 0.1) is 5.71 Å². The summed E-state index contributed by atoms with van der Waals surface area (Å²) in [5, 5.41) is 8.49. The monoisotopic (exact) mass is 535 g/mol. The molecule has 11 nitrogen and oxygen atoms in total. The maximum Gasteiger partial charge on any atom is 0.405 e. The first-order chi connectivity index (χ1) is 18.5. The summed E-state index contributed by atoms with van der Waals surface area (Å²) in [5.41, 5.74) is 4.17. The minimum atomic E-state index is -1.63. The number of nitrogens with two attached hydrogens (primary N) is 1. The molecular weight excluding hydrogens is 502 g/mol. The van der Waals surface area contributed by atoms with Crippen LogP contribution in [0.15, 0.2) is 65.8 Å². The second-order valence-electron chi connectivity index (χ2n) is 10.2. The highest BCUT2D eigenvalue weighted by molar-refractivity contribution is 6.13. The number of para-hydroxylation sites is 1. The van der Waals surface area contributed by atoms with Gasteiger partial charge >= 0.3 is 6.09 Å². The van der Waals surface area contributed by atoms with Crippen molar-refractivity contribution in [2.24, 2.45) is 16.3 Å². The number of nitrogens with one attached hydrogen (secondary N) is 1. The van der Waals surface area contributed by atoms with Gasteiger partial charge < -0.3 is 25.4 Å². The fraction of sp³-hybridized carbons (Fsp3) is 0.393. The normalized spacial score (nSPS) is 19.6. The van der Waals surface area contributed by atoms with Gasteiger partial charge in [-0.05, 0) is 38.0 Å². The first-order valence-electron chi connectivity index (χ1n) is 12.7. The molecule has 2 aliphatic rings. The van der Waals surface area contributed by atoms with Crippen LogP contribution in [0.4, 0.5) is 4.79 Å². The molecule has 0 unspecified atom stereocenters. The van der Waals surface area contributed by atoms with E-state index < -0.39 is 35.0 Å². The van der Waals surface area contributed by atoms with Gasteiger partial charge in [-0.3, -0.25) is 14.4 Å². The molecule has 0 aromatic heterocycles. The number of ether oxygens (including phenoxy) is 2. The van der Waals surface area contributed by atoms with E-state index in [0.29, 0.717) is 25.1 Å². The Kier molecular flexibility index (Phi) is 7.89. The zero-order chi connectivity index (χ0) is 28.2. The standard InChI is InChI=1S/C28H33N5O6/c1-27(2,39-26(29)37)24(35)30-21(17-38-20-12-8-5-9-13-20)23(34)33-15-14-22-28(18-33,25(36)32(3)31-22)16-19-10-6-4-7-11-19/h4-13,21H,14-18H2,1-3H3,(H2,29,37)(H,30,35)/t21-,28-/m1/s1. The largest absolute Gasteiger partial charge is 0.491 e. The third-order valence-corrected chi connectivity index (χ3v) is 6.93. The van der Waals surface area contributed by atoms with Crippen molar-refractivity contribution in [1.82, 2.24) is 15.2 Å². The first kappa shape index (κ1) is 27.6. The summed E-state index contributed by atoms with van der Waals surface area (Å²) in [4.78, 5) is 53.3. The highest BCUT2D eigenvalue weighted by Crippen LogP contribution is 2.38. The minimum absolute atomic E-state index is 0.0988. The Hall–Kier alpha value is -4.41. The summed E-state index contributed by atoms with van der Waals surface area (Å²) in [6.45, 7) is 2.98. The molecule has 3 N–H and O–H groups in total. The lowest BCUT2D eigenvalue weighted by Crippen LogP contribution is -2.61. The molecule has 4 rings (SSSR count). The van der Waals surface area contributed by atoms with Crippen molar-refractivity contribution in [2.75, 3.05) is 26.7 Å². The third-order valence-electron chi connectivity index (χ3n) is 6.93. The number of primary amides is 1. The number of hydrazone groups is 1. The third kappa shape index (κ3) is 6.02. The lowest BCUT2D eigenvalue weighted by Gasteiger charge is -2.40. The number of rotatable bonds is 9. The highest BCUT2D eigenvalue weighted by Gasteiger charge is 2.54. The van der Waals surface area contributed by atoms with Crippen molar-refractivity contribution in [1.29, 1.82) is 0 Å². The maximum absolute atomic E-state index is 13.9. The van der Waals surface area contributed by atoms with E-state index in [2.05, 4.69) is 10.4 Å². The molecule has 0 bridgehead atoms. The predicted molar refractivity (Wildman–Crippen MR) is 143 cm³/mol. The Morgan fingerprint density at radius 1 is 1.10 bits per heavy atom. The number of carbonyl (C=O) groups is 4. The van der Waals surface area contributed by atoms with E-state index in [9.17, 15) is 19.2 Å². The van der Waals surface area contributed by atoms with Gasteiger partial charge in [-0.25, -0.2) is 9.80 Å². The van der Waals surface area contributed by atoms with Gasteiger partial charge in [-0.15, -0.1) is 0 Å². The van der Waals surface area contributed by atoms with Crippen molar-refractivity contribution in [3.8, 4) is 5.75 Å². The van der Waals surface area contributed by atoms with Crippen LogP contribution in [0, 0.1) is 5.41 Å². The van der Waals surface area contributed by atoms with Crippen LogP contribution in [-0.4, -0.2) is 77.8 Å². The van der Waals surface area contributed by atoms with Gasteiger partial charge in [0, 0.05) is 26.6 Å².